The molecule has 0 spiro atoms. The molecular formula is C15H23NO4S. The van der Waals surface area contributed by atoms with Crippen molar-refractivity contribution in [2.75, 3.05) is 13.7 Å². The van der Waals surface area contributed by atoms with Crippen LogP contribution in [0.25, 0.3) is 0 Å². The summed E-state index contributed by atoms with van der Waals surface area (Å²) in [6.45, 7) is 0.141. The van der Waals surface area contributed by atoms with E-state index in [4.69, 9.17) is 9.84 Å². The molecule has 2 unspecified atom stereocenters. The summed E-state index contributed by atoms with van der Waals surface area (Å²) in [5.41, 5.74) is 1.03. The number of rotatable bonds is 7. The first-order valence-electron chi connectivity index (χ1n) is 7.32. The number of nitrogens with one attached hydrogen (secondary N) is 1. The molecule has 0 bridgehead atoms. The molecule has 1 aromatic rings. The number of methoxy groups -OCH3 is 1. The van der Waals surface area contributed by atoms with E-state index >= 15 is 0 Å². The van der Waals surface area contributed by atoms with Crippen molar-refractivity contribution in [1.29, 1.82) is 0 Å². The highest BCUT2D eigenvalue weighted by molar-refractivity contribution is 7.89. The van der Waals surface area contributed by atoms with E-state index in [-0.39, 0.29) is 23.6 Å². The molecule has 118 valence electrons. The fourth-order valence-electron chi connectivity index (χ4n) is 2.73. The molecule has 0 radical (unpaired) electrons. The fraction of sp³-hybridized carbons (Fsp3) is 0.600. The van der Waals surface area contributed by atoms with Gasteiger partial charge in [0, 0.05) is 19.8 Å². The van der Waals surface area contributed by atoms with Gasteiger partial charge in [0.25, 0.3) is 0 Å². The first-order chi connectivity index (χ1) is 10.1. The highest BCUT2D eigenvalue weighted by atomic mass is 32.2. The molecule has 0 amide bonds. The van der Waals surface area contributed by atoms with Crippen LogP contribution in [0.3, 0.4) is 0 Å². The standard InChI is InChI=1S/C15H23NO4S/c1-20-15-6-2-5-14(15)16-21(18,19)13-9-7-12(8-10-13)4-3-11-17/h7-10,14-17H,2-6,11H2,1H3. The van der Waals surface area contributed by atoms with Crippen molar-refractivity contribution in [2.45, 2.75) is 49.1 Å². The summed E-state index contributed by atoms with van der Waals surface area (Å²) in [6, 6.07) is 6.69. The molecule has 5 nitrogen and oxygen atoms in total. The number of ether oxygens (including phenoxy) is 1. The Bertz CT molecular complexity index is 541. The number of hydrogen-bond acceptors (Lipinski definition) is 4. The Hall–Kier alpha value is -0.950. The average Bonchev–Trinajstić information content (AvgIpc) is 2.92. The lowest BCUT2D eigenvalue weighted by Gasteiger charge is -2.19. The Morgan fingerprint density at radius 2 is 2.00 bits per heavy atom. The molecule has 0 aliphatic heterocycles. The van der Waals surface area contributed by atoms with Crippen LogP contribution in [0.5, 0.6) is 0 Å². The quantitative estimate of drug-likeness (QED) is 0.799. The predicted molar refractivity (Wildman–Crippen MR) is 80.6 cm³/mol. The van der Waals surface area contributed by atoms with Crippen molar-refractivity contribution in [3.63, 3.8) is 0 Å². The molecule has 1 saturated carbocycles. The van der Waals surface area contributed by atoms with E-state index in [9.17, 15) is 8.42 Å². The maximum atomic E-state index is 12.4. The molecule has 1 aliphatic carbocycles. The van der Waals surface area contributed by atoms with Crippen molar-refractivity contribution >= 4 is 10.0 Å². The predicted octanol–water partition coefficient (Wildman–Crippen LogP) is 1.46. The van der Waals surface area contributed by atoms with Crippen molar-refractivity contribution in [3.8, 4) is 0 Å². The summed E-state index contributed by atoms with van der Waals surface area (Å²) in [4.78, 5) is 0.275. The highest BCUT2D eigenvalue weighted by Gasteiger charge is 2.31. The second kappa shape index (κ2) is 7.35. The van der Waals surface area contributed by atoms with E-state index in [1.165, 1.54) is 0 Å². The van der Waals surface area contributed by atoms with Gasteiger partial charge in [-0.05, 0) is 49.8 Å². The summed E-state index contributed by atoms with van der Waals surface area (Å²) in [5.74, 6) is 0. The van der Waals surface area contributed by atoms with Crippen LogP contribution in [0.15, 0.2) is 29.2 Å². The zero-order valence-electron chi connectivity index (χ0n) is 12.3. The number of aliphatic hydroxyl groups is 1. The summed E-state index contributed by atoms with van der Waals surface area (Å²) >= 11 is 0. The number of sulfonamides is 1. The molecule has 6 heteroatoms. The molecule has 0 saturated heterocycles. The van der Waals surface area contributed by atoms with Crippen LogP contribution < -0.4 is 4.72 Å². The van der Waals surface area contributed by atoms with Crippen LogP contribution in [0, 0.1) is 0 Å². The lowest BCUT2D eigenvalue weighted by Crippen LogP contribution is -2.40. The second-order valence-corrected chi connectivity index (χ2v) is 7.12. The second-order valence-electron chi connectivity index (χ2n) is 5.40. The molecule has 2 rings (SSSR count). The third-order valence-electron chi connectivity index (χ3n) is 3.92. The zero-order chi connectivity index (χ0) is 15.3. The van der Waals surface area contributed by atoms with E-state index in [2.05, 4.69) is 4.72 Å². The number of benzene rings is 1. The van der Waals surface area contributed by atoms with Gasteiger partial charge in [0.05, 0.1) is 11.0 Å². The molecule has 0 aromatic heterocycles. The normalized spacial score (nSPS) is 22.6. The summed E-state index contributed by atoms with van der Waals surface area (Å²) < 4.78 is 32.8. The van der Waals surface area contributed by atoms with Gasteiger partial charge in [0.2, 0.25) is 10.0 Å². The minimum atomic E-state index is -3.50. The molecule has 2 atom stereocenters. The monoisotopic (exact) mass is 313 g/mol. The average molecular weight is 313 g/mol. The SMILES string of the molecule is COC1CCCC1NS(=O)(=O)c1ccc(CCCO)cc1. The van der Waals surface area contributed by atoms with E-state index < -0.39 is 10.0 Å². The third-order valence-corrected chi connectivity index (χ3v) is 5.42. The van der Waals surface area contributed by atoms with E-state index in [1.807, 2.05) is 0 Å². The Labute approximate surface area is 126 Å². The van der Waals surface area contributed by atoms with Gasteiger partial charge >= 0.3 is 0 Å². The zero-order valence-corrected chi connectivity index (χ0v) is 13.1. The van der Waals surface area contributed by atoms with E-state index in [1.54, 1.807) is 31.4 Å². The minimum absolute atomic E-state index is 0.0383. The van der Waals surface area contributed by atoms with Crippen LogP contribution in [-0.4, -0.2) is 39.4 Å². The smallest absolute Gasteiger partial charge is 0.240 e. The summed E-state index contributed by atoms with van der Waals surface area (Å²) in [5, 5.41) is 8.80. The lowest BCUT2D eigenvalue weighted by molar-refractivity contribution is 0.0916. The van der Waals surface area contributed by atoms with Crippen molar-refractivity contribution in [1.82, 2.24) is 4.72 Å². The van der Waals surface area contributed by atoms with Gasteiger partial charge in [-0.2, -0.15) is 0 Å². The Morgan fingerprint density at radius 3 is 2.62 bits per heavy atom. The summed E-state index contributed by atoms with van der Waals surface area (Å²) in [7, 11) is -1.89. The van der Waals surface area contributed by atoms with Crippen LogP contribution in [0.2, 0.25) is 0 Å². The van der Waals surface area contributed by atoms with Gasteiger partial charge in [-0.15, -0.1) is 0 Å². The first-order valence-corrected chi connectivity index (χ1v) is 8.80. The van der Waals surface area contributed by atoms with E-state index in [0.717, 1.165) is 31.2 Å². The van der Waals surface area contributed by atoms with Gasteiger partial charge in [0.15, 0.2) is 0 Å². The molecule has 1 aromatic carbocycles. The van der Waals surface area contributed by atoms with Crippen LogP contribution in [0.1, 0.15) is 31.2 Å². The maximum Gasteiger partial charge on any atom is 0.240 e. The van der Waals surface area contributed by atoms with E-state index in [0.29, 0.717) is 6.42 Å². The van der Waals surface area contributed by atoms with Crippen molar-refractivity contribution in [2.24, 2.45) is 0 Å². The van der Waals surface area contributed by atoms with Crippen LogP contribution >= 0.6 is 0 Å². The third kappa shape index (κ3) is 4.26. The maximum absolute atomic E-state index is 12.4. The van der Waals surface area contributed by atoms with Crippen molar-refractivity contribution in [3.05, 3.63) is 29.8 Å². The number of hydrogen-bond donors (Lipinski definition) is 2. The van der Waals surface area contributed by atoms with Gasteiger partial charge < -0.3 is 9.84 Å². The lowest BCUT2D eigenvalue weighted by atomic mass is 10.1. The Kier molecular flexibility index (Phi) is 5.75. The first kappa shape index (κ1) is 16.4. The summed E-state index contributed by atoms with van der Waals surface area (Å²) in [6.07, 6.45) is 4.08. The van der Waals surface area contributed by atoms with Gasteiger partial charge in [0.1, 0.15) is 0 Å². The number of aryl methyl sites for hydroxylation is 1. The van der Waals surface area contributed by atoms with Gasteiger partial charge in [-0.25, -0.2) is 13.1 Å². The highest BCUT2D eigenvalue weighted by Crippen LogP contribution is 2.23. The Balaban J connectivity index is 2.05. The van der Waals surface area contributed by atoms with Crippen LogP contribution in [-0.2, 0) is 21.2 Å². The van der Waals surface area contributed by atoms with Gasteiger partial charge in [-0.3, -0.25) is 0 Å². The van der Waals surface area contributed by atoms with Crippen LogP contribution in [0.4, 0.5) is 0 Å². The van der Waals surface area contributed by atoms with Crippen molar-refractivity contribution < 1.29 is 18.3 Å². The molecule has 1 fully saturated rings. The topological polar surface area (TPSA) is 75.6 Å². The minimum Gasteiger partial charge on any atom is -0.396 e. The number of aliphatic hydroxyl groups excluding tert-OH is 1. The van der Waals surface area contributed by atoms with Gasteiger partial charge in [-0.1, -0.05) is 12.1 Å². The molecule has 21 heavy (non-hydrogen) atoms. The Morgan fingerprint density at radius 1 is 1.29 bits per heavy atom. The molecule has 2 N–H and O–H groups in total. The molecule has 1 aliphatic rings. The molecular weight excluding hydrogens is 290 g/mol. The fourth-order valence-corrected chi connectivity index (χ4v) is 4.03. The largest absolute Gasteiger partial charge is 0.396 e. The molecule has 0 heterocycles.